The predicted molar refractivity (Wildman–Crippen MR) is 69.8 cm³/mol. The minimum Gasteiger partial charge on any atom is -0.388 e. The summed E-state index contributed by atoms with van der Waals surface area (Å²) in [6.07, 6.45) is 8.61. The monoisotopic (exact) mass is 238 g/mol. The van der Waals surface area contributed by atoms with E-state index in [-0.39, 0.29) is 6.10 Å². The zero-order valence-corrected chi connectivity index (χ0v) is 10.9. The first-order valence-electron chi connectivity index (χ1n) is 6.56. The third-order valence-corrected chi connectivity index (χ3v) is 5.01. The quantitative estimate of drug-likeness (QED) is 0.810. The number of aliphatic hydroxyl groups excluding tert-OH is 1. The Hall–Kier alpha value is -0.340. The maximum Gasteiger partial charge on any atom is 0.0882 e. The average Bonchev–Trinajstić information content (AvgIpc) is 2.96. The Bertz CT molecular complexity index is 312. The van der Waals surface area contributed by atoms with Crippen molar-refractivity contribution in [1.82, 2.24) is 0 Å². The normalized spacial score (nSPS) is 19.1. The molecule has 16 heavy (non-hydrogen) atoms. The lowest BCUT2D eigenvalue weighted by molar-refractivity contribution is 0.160. The van der Waals surface area contributed by atoms with E-state index in [9.17, 15) is 5.11 Å². The Labute approximate surface area is 103 Å². The highest BCUT2D eigenvalue weighted by Crippen LogP contribution is 2.33. The Morgan fingerprint density at radius 2 is 2.12 bits per heavy atom. The highest BCUT2D eigenvalue weighted by atomic mass is 32.1. The molecule has 0 aromatic carbocycles. The van der Waals surface area contributed by atoms with Crippen molar-refractivity contribution >= 4 is 11.3 Å². The summed E-state index contributed by atoms with van der Waals surface area (Å²) < 4.78 is 0. The van der Waals surface area contributed by atoms with Crippen LogP contribution in [0.15, 0.2) is 12.1 Å². The highest BCUT2D eigenvalue weighted by molar-refractivity contribution is 7.12. The molecule has 1 saturated carbocycles. The Kier molecular flexibility index (Phi) is 4.42. The molecule has 1 nitrogen and oxygen atoms in total. The molecule has 1 unspecified atom stereocenters. The van der Waals surface area contributed by atoms with Gasteiger partial charge in [0.15, 0.2) is 0 Å². The maximum atomic E-state index is 10.1. The topological polar surface area (TPSA) is 20.2 Å². The van der Waals surface area contributed by atoms with E-state index in [1.54, 1.807) is 11.3 Å². The van der Waals surface area contributed by atoms with Gasteiger partial charge in [-0.1, -0.05) is 32.6 Å². The second-order valence-corrected chi connectivity index (χ2v) is 6.10. The molecule has 0 amide bonds. The van der Waals surface area contributed by atoms with Gasteiger partial charge in [-0.2, -0.15) is 0 Å². The molecular formula is C14H22OS. The summed E-state index contributed by atoms with van der Waals surface area (Å²) in [7, 11) is 0. The Balaban J connectivity index is 1.80. The number of rotatable bonds is 5. The summed E-state index contributed by atoms with van der Waals surface area (Å²) in [5.74, 6) is 0.889. The van der Waals surface area contributed by atoms with Crippen molar-refractivity contribution in [2.24, 2.45) is 5.92 Å². The van der Waals surface area contributed by atoms with Crippen molar-refractivity contribution in [3.8, 4) is 0 Å². The molecule has 1 fully saturated rings. The summed E-state index contributed by atoms with van der Waals surface area (Å²) in [6.45, 7) is 2.17. The van der Waals surface area contributed by atoms with Crippen LogP contribution in [0.5, 0.6) is 0 Å². The van der Waals surface area contributed by atoms with Crippen molar-refractivity contribution in [3.05, 3.63) is 21.9 Å². The lowest BCUT2D eigenvalue weighted by Gasteiger charge is -2.12. The molecule has 1 N–H and O–H groups in total. The Morgan fingerprint density at radius 1 is 1.38 bits per heavy atom. The van der Waals surface area contributed by atoms with Gasteiger partial charge in [-0.15, -0.1) is 11.3 Å². The lowest BCUT2D eigenvalue weighted by atomic mass is 9.99. The fourth-order valence-corrected chi connectivity index (χ4v) is 3.57. The van der Waals surface area contributed by atoms with Crippen LogP contribution < -0.4 is 0 Å². The second-order valence-electron chi connectivity index (χ2n) is 4.90. The van der Waals surface area contributed by atoms with E-state index in [0.717, 1.165) is 23.6 Å². The van der Waals surface area contributed by atoms with Crippen LogP contribution in [0.2, 0.25) is 0 Å². The van der Waals surface area contributed by atoms with E-state index in [0.29, 0.717) is 0 Å². The maximum absolute atomic E-state index is 10.1. The van der Waals surface area contributed by atoms with E-state index in [1.807, 2.05) is 0 Å². The van der Waals surface area contributed by atoms with Crippen molar-refractivity contribution in [2.45, 2.75) is 58.0 Å². The van der Waals surface area contributed by atoms with Gasteiger partial charge in [0.2, 0.25) is 0 Å². The smallest absolute Gasteiger partial charge is 0.0882 e. The molecule has 0 aliphatic heterocycles. The van der Waals surface area contributed by atoms with Gasteiger partial charge in [-0.25, -0.2) is 0 Å². The van der Waals surface area contributed by atoms with Gasteiger partial charge in [0.1, 0.15) is 0 Å². The molecule has 0 saturated heterocycles. The first kappa shape index (κ1) is 12.1. The van der Waals surface area contributed by atoms with E-state index < -0.39 is 0 Å². The summed E-state index contributed by atoms with van der Waals surface area (Å²) in [5.41, 5.74) is 0. The molecule has 1 aromatic rings. The van der Waals surface area contributed by atoms with Gasteiger partial charge in [0.25, 0.3) is 0 Å². The zero-order chi connectivity index (χ0) is 11.4. The summed E-state index contributed by atoms with van der Waals surface area (Å²) in [5, 5.41) is 10.1. The number of hydrogen-bond donors (Lipinski definition) is 1. The number of thiophene rings is 1. The largest absolute Gasteiger partial charge is 0.388 e. The summed E-state index contributed by atoms with van der Waals surface area (Å²) in [4.78, 5) is 2.55. The molecule has 0 radical (unpaired) electrons. The van der Waals surface area contributed by atoms with Crippen LogP contribution in [0, 0.1) is 5.92 Å². The first-order valence-corrected chi connectivity index (χ1v) is 7.38. The first-order chi connectivity index (χ1) is 7.79. The molecule has 0 spiro atoms. The predicted octanol–water partition coefficient (Wildman–Crippen LogP) is 4.31. The summed E-state index contributed by atoms with van der Waals surface area (Å²) >= 11 is 1.77. The standard InChI is InChI=1S/C14H22OS/c1-2-12-8-10-14(16-12)13(15)9-7-11-5-3-4-6-11/h8,10-11,13,15H,2-7,9H2,1H3. The van der Waals surface area contributed by atoms with Crippen molar-refractivity contribution in [1.29, 1.82) is 0 Å². The van der Waals surface area contributed by atoms with Crippen molar-refractivity contribution in [3.63, 3.8) is 0 Å². The minimum absolute atomic E-state index is 0.217. The van der Waals surface area contributed by atoms with Gasteiger partial charge in [-0.05, 0) is 37.3 Å². The number of aliphatic hydroxyl groups is 1. The summed E-state index contributed by atoms with van der Waals surface area (Å²) in [6, 6.07) is 4.25. The third kappa shape index (κ3) is 3.08. The second kappa shape index (κ2) is 5.83. The van der Waals surface area contributed by atoms with Gasteiger partial charge in [0.05, 0.1) is 6.10 Å². The fourth-order valence-electron chi connectivity index (χ4n) is 2.60. The molecule has 0 bridgehead atoms. The van der Waals surface area contributed by atoms with Crippen LogP contribution >= 0.6 is 11.3 Å². The van der Waals surface area contributed by atoms with Crippen LogP contribution in [-0.4, -0.2) is 5.11 Å². The molecular weight excluding hydrogens is 216 g/mol. The van der Waals surface area contributed by atoms with Crippen LogP contribution in [0.1, 0.15) is 61.3 Å². The van der Waals surface area contributed by atoms with Crippen molar-refractivity contribution in [2.75, 3.05) is 0 Å². The minimum atomic E-state index is -0.217. The molecule has 90 valence electrons. The van der Waals surface area contributed by atoms with Crippen LogP contribution in [-0.2, 0) is 6.42 Å². The third-order valence-electron chi connectivity index (χ3n) is 3.68. The lowest BCUT2D eigenvalue weighted by Crippen LogP contribution is -1.99. The van der Waals surface area contributed by atoms with Gasteiger partial charge < -0.3 is 5.11 Å². The highest BCUT2D eigenvalue weighted by Gasteiger charge is 2.17. The van der Waals surface area contributed by atoms with E-state index in [4.69, 9.17) is 0 Å². The zero-order valence-electron chi connectivity index (χ0n) is 10.1. The molecule has 1 aliphatic carbocycles. The van der Waals surface area contributed by atoms with E-state index in [1.165, 1.54) is 37.0 Å². The molecule has 1 atom stereocenters. The van der Waals surface area contributed by atoms with E-state index >= 15 is 0 Å². The number of aryl methyl sites for hydroxylation is 1. The number of hydrogen-bond acceptors (Lipinski definition) is 2. The SMILES string of the molecule is CCc1ccc(C(O)CCC2CCCC2)s1. The Morgan fingerprint density at radius 3 is 2.75 bits per heavy atom. The van der Waals surface area contributed by atoms with Crippen LogP contribution in [0.25, 0.3) is 0 Å². The van der Waals surface area contributed by atoms with Crippen LogP contribution in [0.3, 0.4) is 0 Å². The molecule has 1 aliphatic rings. The van der Waals surface area contributed by atoms with Gasteiger partial charge in [0, 0.05) is 9.75 Å². The fraction of sp³-hybridized carbons (Fsp3) is 0.714. The molecule has 2 heteroatoms. The molecule has 1 aromatic heterocycles. The van der Waals surface area contributed by atoms with Crippen molar-refractivity contribution < 1.29 is 5.11 Å². The molecule has 1 heterocycles. The average molecular weight is 238 g/mol. The molecule has 2 rings (SSSR count). The van der Waals surface area contributed by atoms with Gasteiger partial charge >= 0.3 is 0 Å². The van der Waals surface area contributed by atoms with E-state index in [2.05, 4.69) is 19.1 Å². The van der Waals surface area contributed by atoms with Crippen LogP contribution in [0.4, 0.5) is 0 Å². The van der Waals surface area contributed by atoms with Gasteiger partial charge in [-0.3, -0.25) is 0 Å².